The number of aromatic nitrogens is 2. The van der Waals surface area contributed by atoms with Crippen molar-refractivity contribution in [2.75, 3.05) is 0 Å². The maximum absolute atomic E-state index is 13.7. The predicted octanol–water partition coefficient (Wildman–Crippen LogP) is 2.65. The SMILES string of the molecule is Cc1cccc2nc(CNC(=O)NCc3cc(C#N)ccc3F)cn12. The number of benzene rings is 1. The molecule has 2 aromatic heterocycles. The third-order valence-electron chi connectivity index (χ3n) is 3.79. The van der Waals surface area contributed by atoms with Gasteiger partial charge < -0.3 is 15.0 Å². The van der Waals surface area contributed by atoms with Crippen molar-refractivity contribution in [1.29, 1.82) is 5.26 Å². The van der Waals surface area contributed by atoms with Crippen molar-refractivity contribution in [3.8, 4) is 6.07 Å². The highest BCUT2D eigenvalue weighted by Gasteiger charge is 2.08. The molecule has 0 saturated heterocycles. The summed E-state index contributed by atoms with van der Waals surface area (Å²) in [6, 6.07) is 11.3. The maximum Gasteiger partial charge on any atom is 0.315 e. The molecule has 0 radical (unpaired) electrons. The zero-order valence-corrected chi connectivity index (χ0v) is 13.6. The molecule has 0 aliphatic carbocycles. The molecular weight excluding hydrogens is 321 g/mol. The number of carbonyl (C=O) groups is 1. The Morgan fingerprint density at radius 1 is 1.28 bits per heavy atom. The fraction of sp³-hybridized carbons (Fsp3) is 0.167. The largest absolute Gasteiger partial charge is 0.334 e. The second-order valence-corrected chi connectivity index (χ2v) is 5.58. The Hall–Kier alpha value is -3.40. The van der Waals surface area contributed by atoms with E-state index in [1.54, 1.807) is 0 Å². The summed E-state index contributed by atoms with van der Waals surface area (Å²) in [4.78, 5) is 16.3. The highest BCUT2D eigenvalue weighted by atomic mass is 19.1. The molecule has 2 N–H and O–H groups in total. The number of nitriles is 1. The number of amides is 2. The fourth-order valence-corrected chi connectivity index (χ4v) is 2.47. The maximum atomic E-state index is 13.7. The molecule has 3 rings (SSSR count). The molecule has 1 aromatic carbocycles. The van der Waals surface area contributed by atoms with Gasteiger partial charge in [-0.05, 0) is 37.3 Å². The van der Waals surface area contributed by atoms with Crippen molar-refractivity contribution >= 4 is 11.7 Å². The van der Waals surface area contributed by atoms with Gasteiger partial charge in [0.15, 0.2) is 0 Å². The minimum atomic E-state index is -0.463. The molecule has 2 heterocycles. The van der Waals surface area contributed by atoms with E-state index in [0.29, 0.717) is 5.56 Å². The quantitative estimate of drug-likeness (QED) is 0.768. The Labute approximate surface area is 143 Å². The van der Waals surface area contributed by atoms with Gasteiger partial charge in [-0.15, -0.1) is 0 Å². The first kappa shape index (κ1) is 16.5. The van der Waals surface area contributed by atoms with Crippen LogP contribution in [0.4, 0.5) is 9.18 Å². The summed E-state index contributed by atoms with van der Waals surface area (Å²) in [5.41, 5.74) is 3.19. The molecule has 6 nitrogen and oxygen atoms in total. The Kier molecular flexibility index (Phi) is 4.61. The number of hydrogen-bond acceptors (Lipinski definition) is 3. The number of urea groups is 1. The van der Waals surface area contributed by atoms with Gasteiger partial charge in [-0.2, -0.15) is 5.26 Å². The van der Waals surface area contributed by atoms with Crippen LogP contribution in [-0.2, 0) is 13.1 Å². The number of fused-ring (bicyclic) bond motifs is 1. The van der Waals surface area contributed by atoms with Gasteiger partial charge in [0.1, 0.15) is 11.5 Å². The Morgan fingerprint density at radius 2 is 2.08 bits per heavy atom. The minimum Gasteiger partial charge on any atom is -0.334 e. The number of pyridine rings is 1. The normalized spacial score (nSPS) is 10.4. The third-order valence-corrected chi connectivity index (χ3v) is 3.79. The van der Waals surface area contributed by atoms with Crippen LogP contribution in [-0.4, -0.2) is 15.4 Å². The van der Waals surface area contributed by atoms with Crippen LogP contribution < -0.4 is 10.6 Å². The van der Waals surface area contributed by atoms with E-state index in [-0.39, 0.29) is 18.7 Å². The number of aryl methyl sites for hydroxylation is 1. The lowest BCUT2D eigenvalue weighted by molar-refractivity contribution is 0.240. The number of hydrogen-bond donors (Lipinski definition) is 2. The molecule has 0 aliphatic rings. The predicted molar refractivity (Wildman–Crippen MR) is 90.1 cm³/mol. The van der Waals surface area contributed by atoms with Crippen LogP contribution in [0.5, 0.6) is 0 Å². The van der Waals surface area contributed by atoms with Crippen molar-refractivity contribution in [1.82, 2.24) is 20.0 Å². The number of halogens is 1. The van der Waals surface area contributed by atoms with Crippen LogP contribution in [0.1, 0.15) is 22.5 Å². The van der Waals surface area contributed by atoms with Gasteiger partial charge in [0, 0.05) is 24.0 Å². The van der Waals surface area contributed by atoms with E-state index < -0.39 is 11.8 Å². The van der Waals surface area contributed by atoms with Gasteiger partial charge in [0.2, 0.25) is 0 Å². The first-order chi connectivity index (χ1) is 12.1. The molecule has 3 aromatic rings. The number of rotatable bonds is 4. The zero-order chi connectivity index (χ0) is 17.8. The van der Waals surface area contributed by atoms with Crippen molar-refractivity contribution < 1.29 is 9.18 Å². The standard InChI is InChI=1S/C18H16FN5O/c1-12-3-2-4-17-23-15(11-24(12)17)10-22-18(25)21-9-14-7-13(8-20)5-6-16(14)19/h2-7,11H,9-10H2,1H3,(H2,21,22,25). The Morgan fingerprint density at radius 3 is 2.84 bits per heavy atom. The molecule has 7 heteroatoms. The molecule has 0 saturated carbocycles. The van der Waals surface area contributed by atoms with Gasteiger partial charge in [-0.3, -0.25) is 0 Å². The zero-order valence-electron chi connectivity index (χ0n) is 13.6. The van der Waals surface area contributed by atoms with Crippen LogP contribution in [0.2, 0.25) is 0 Å². The Balaban J connectivity index is 1.58. The smallest absolute Gasteiger partial charge is 0.315 e. The Bertz CT molecular complexity index is 973. The van der Waals surface area contributed by atoms with E-state index in [4.69, 9.17) is 5.26 Å². The van der Waals surface area contributed by atoms with Gasteiger partial charge in [-0.25, -0.2) is 14.2 Å². The second-order valence-electron chi connectivity index (χ2n) is 5.58. The minimum absolute atomic E-state index is 0.00252. The molecule has 126 valence electrons. The summed E-state index contributed by atoms with van der Waals surface area (Å²) in [6.07, 6.45) is 1.86. The van der Waals surface area contributed by atoms with Crippen molar-refractivity contribution in [2.45, 2.75) is 20.0 Å². The van der Waals surface area contributed by atoms with E-state index in [1.807, 2.05) is 41.8 Å². The molecule has 0 bridgehead atoms. The molecule has 0 spiro atoms. The molecule has 0 unspecified atom stereocenters. The number of nitrogens with zero attached hydrogens (tertiary/aromatic N) is 3. The molecular formula is C18H16FN5O. The lowest BCUT2D eigenvalue weighted by Gasteiger charge is -2.07. The summed E-state index contributed by atoms with van der Waals surface area (Å²) in [5, 5.41) is 14.1. The van der Waals surface area contributed by atoms with Crippen LogP contribution in [0.15, 0.2) is 42.6 Å². The highest BCUT2D eigenvalue weighted by Crippen LogP contribution is 2.10. The fourth-order valence-electron chi connectivity index (χ4n) is 2.47. The summed E-state index contributed by atoms with van der Waals surface area (Å²) in [6.45, 7) is 2.23. The van der Waals surface area contributed by atoms with E-state index >= 15 is 0 Å². The lowest BCUT2D eigenvalue weighted by atomic mass is 10.1. The molecule has 25 heavy (non-hydrogen) atoms. The number of carbonyl (C=O) groups excluding carboxylic acids is 1. The topological polar surface area (TPSA) is 82.2 Å². The van der Waals surface area contributed by atoms with E-state index in [1.165, 1.54) is 18.2 Å². The molecule has 2 amide bonds. The van der Waals surface area contributed by atoms with Crippen LogP contribution in [0.25, 0.3) is 5.65 Å². The van der Waals surface area contributed by atoms with E-state index in [9.17, 15) is 9.18 Å². The van der Waals surface area contributed by atoms with Crippen molar-refractivity contribution in [3.63, 3.8) is 0 Å². The van der Waals surface area contributed by atoms with Gasteiger partial charge >= 0.3 is 6.03 Å². The molecule has 0 aliphatic heterocycles. The number of nitrogens with one attached hydrogen (secondary N) is 2. The summed E-state index contributed by atoms with van der Waals surface area (Å²) < 4.78 is 15.6. The van der Waals surface area contributed by atoms with Gasteiger partial charge in [-0.1, -0.05) is 6.07 Å². The van der Waals surface area contributed by atoms with E-state index in [2.05, 4.69) is 15.6 Å². The average Bonchev–Trinajstić information content (AvgIpc) is 3.04. The third kappa shape index (κ3) is 3.75. The first-order valence-corrected chi connectivity index (χ1v) is 7.70. The molecule has 0 atom stereocenters. The summed E-state index contributed by atoms with van der Waals surface area (Å²) in [7, 11) is 0. The average molecular weight is 337 g/mol. The van der Waals surface area contributed by atoms with E-state index in [0.717, 1.165) is 17.0 Å². The molecule has 0 fully saturated rings. The first-order valence-electron chi connectivity index (χ1n) is 7.70. The summed E-state index contributed by atoms with van der Waals surface area (Å²) >= 11 is 0. The van der Waals surface area contributed by atoms with Crippen LogP contribution in [0, 0.1) is 24.1 Å². The highest BCUT2D eigenvalue weighted by molar-refractivity contribution is 5.73. The van der Waals surface area contributed by atoms with Crippen LogP contribution in [0.3, 0.4) is 0 Å². The number of imidazole rings is 1. The summed E-state index contributed by atoms with van der Waals surface area (Å²) in [5.74, 6) is -0.463. The monoisotopic (exact) mass is 337 g/mol. The van der Waals surface area contributed by atoms with Crippen molar-refractivity contribution in [2.24, 2.45) is 0 Å². The van der Waals surface area contributed by atoms with Gasteiger partial charge in [0.25, 0.3) is 0 Å². The van der Waals surface area contributed by atoms with Crippen molar-refractivity contribution in [3.05, 3.63) is 70.9 Å². The van der Waals surface area contributed by atoms with Crippen LogP contribution >= 0.6 is 0 Å². The second kappa shape index (κ2) is 7.01. The lowest BCUT2D eigenvalue weighted by Crippen LogP contribution is -2.34. The van der Waals surface area contributed by atoms with Gasteiger partial charge in [0.05, 0.1) is 23.9 Å².